The number of hydrogen-bond donors (Lipinski definition) is 2. The van der Waals surface area contributed by atoms with Gasteiger partial charge in [-0.3, -0.25) is 0 Å². The van der Waals surface area contributed by atoms with Gasteiger partial charge in [0.25, 0.3) is 0 Å². The van der Waals surface area contributed by atoms with Crippen LogP contribution in [0, 0.1) is 5.41 Å². The summed E-state index contributed by atoms with van der Waals surface area (Å²) < 4.78 is 5.74. The molecule has 120 valence electrons. The Labute approximate surface area is 138 Å². The highest BCUT2D eigenvalue weighted by Gasteiger charge is 2.28. The first-order chi connectivity index (χ1) is 9.88. The lowest BCUT2D eigenvalue weighted by Gasteiger charge is -2.31. The van der Waals surface area contributed by atoms with Crippen LogP contribution in [0.4, 0.5) is 0 Å². The summed E-state index contributed by atoms with van der Waals surface area (Å²) in [6.45, 7) is 5.93. The van der Waals surface area contributed by atoms with E-state index < -0.39 is 12.1 Å². The minimum Gasteiger partial charge on any atom is -0.457 e. The van der Waals surface area contributed by atoms with Gasteiger partial charge in [0.05, 0.1) is 12.1 Å². The van der Waals surface area contributed by atoms with Crippen LogP contribution in [0.5, 0.6) is 11.5 Å². The highest BCUT2D eigenvalue weighted by Crippen LogP contribution is 2.30. The Morgan fingerprint density at radius 2 is 1.41 bits per heavy atom. The van der Waals surface area contributed by atoms with Crippen molar-refractivity contribution in [2.24, 2.45) is 11.1 Å². The molecule has 0 unspecified atom stereocenters. The molecule has 0 heterocycles. The molecule has 0 aliphatic rings. The van der Waals surface area contributed by atoms with Crippen LogP contribution in [0.1, 0.15) is 32.4 Å². The van der Waals surface area contributed by atoms with Gasteiger partial charge in [-0.25, -0.2) is 0 Å². The van der Waals surface area contributed by atoms with Crippen molar-refractivity contribution in [2.75, 3.05) is 0 Å². The Morgan fingerprint density at radius 3 is 1.91 bits per heavy atom. The molecule has 2 rings (SSSR count). The minimum absolute atomic E-state index is 0. The summed E-state index contributed by atoms with van der Waals surface area (Å²) >= 11 is 0. The largest absolute Gasteiger partial charge is 0.457 e. The summed E-state index contributed by atoms with van der Waals surface area (Å²) in [7, 11) is 0. The lowest BCUT2D eigenvalue weighted by molar-refractivity contribution is 0.0401. The topological polar surface area (TPSA) is 55.5 Å². The first-order valence-corrected chi connectivity index (χ1v) is 7.14. The van der Waals surface area contributed by atoms with Gasteiger partial charge in [-0.05, 0) is 35.2 Å². The van der Waals surface area contributed by atoms with Gasteiger partial charge in [0.15, 0.2) is 0 Å². The van der Waals surface area contributed by atoms with Crippen molar-refractivity contribution in [2.45, 2.75) is 32.9 Å². The summed E-state index contributed by atoms with van der Waals surface area (Å²) in [6.07, 6.45) is -0.599. The van der Waals surface area contributed by atoms with Crippen molar-refractivity contribution < 1.29 is 9.84 Å². The molecule has 22 heavy (non-hydrogen) atoms. The molecule has 0 aromatic heterocycles. The van der Waals surface area contributed by atoms with Gasteiger partial charge < -0.3 is 15.6 Å². The van der Waals surface area contributed by atoms with E-state index in [4.69, 9.17) is 10.5 Å². The lowest BCUT2D eigenvalue weighted by Crippen LogP contribution is -2.36. The summed E-state index contributed by atoms with van der Waals surface area (Å²) in [5, 5.41) is 10.3. The number of hydrogen-bond acceptors (Lipinski definition) is 3. The number of rotatable bonds is 4. The summed E-state index contributed by atoms with van der Waals surface area (Å²) in [5.41, 5.74) is 6.79. The first kappa shape index (κ1) is 18.5. The second-order valence-electron chi connectivity index (χ2n) is 6.32. The molecular weight excluding hydrogens is 298 g/mol. The molecule has 0 fully saturated rings. The van der Waals surface area contributed by atoms with Crippen LogP contribution in [0.25, 0.3) is 0 Å². The van der Waals surface area contributed by atoms with Crippen LogP contribution in [0.15, 0.2) is 54.6 Å². The number of benzene rings is 2. The third-order valence-corrected chi connectivity index (χ3v) is 3.47. The van der Waals surface area contributed by atoms with Crippen molar-refractivity contribution in [3.63, 3.8) is 0 Å². The van der Waals surface area contributed by atoms with E-state index in [9.17, 15) is 5.11 Å². The van der Waals surface area contributed by atoms with Gasteiger partial charge in [0, 0.05) is 0 Å². The van der Waals surface area contributed by atoms with Crippen molar-refractivity contribution in [1.82, 2.24) is 0 Å². The average molecular weight is 322 g/mol. The third kappa shape index (κ3) is 4.73. The Balaban J connectivity index is 0.00000242. The number of ether oxygens (including phenoxy) is 1. The second-order valence-corrected chi connectivity index (χ2v) is 6.32. The van der Waals surface area contributed by atoms with Crippen molar-refractivity contribution in [1.29, 1.82) is 0 Å². The quantitative estimate of drug-likeness (QED) is 0.882. The molecular formula is C18H24ClNO2. The molecule has 0 aliphatic carbocycles. The van der Waals surface area contributed by atoms with Gasteiger partial charge in [0.2, 0.25) is 0 Å². The Bertz CT molecular complexity index is 564. The Hall–Kier alpha value is -1.55. The first-order valence-electron chi connectivity index (χ1n) is 7.14. The Kier molecular flexibility index (Phi) is 6.42. The standard InChI is InChI=1S/C18H23NO2.ClH/c1-18(2,3)17(20)16(19)13-9-11-15(12-10-13)21-14-7-5-4-6-8-14;/h4-12,16-17,20H,19H2,1-3H3;1H/t16-,17-;/m1./s1. The molecule has 3 N–H and O–H groups in total. The second kappa shape index (κ2) is 7.63. The molecule has 0 aliphatic heterocycles. The van der Waals surface area contributed by atoms with Crippen LogP contribution >= 0.6 is 12.4 Å². The molecule has 2 aromatic rings. The fourth-order valence-corrected chi connectivity index (χ4v) is 2.10. The number of para-hydroxylation sites is 1. The van der Waals surface area contributed by atoms with E-state index in [-0.39, 0.29) is 17.8 Å². The van der Waals surface area contributed by atoms with Crippen LogP contribution in [0.3, 0.4) is 0 Å². The normalized spacial score (nSPS) is 13.9. The molecule has 0 amide bonds. The third-order valence-electron chi connectivity index (χ3n) is 3.47. The molecule has 4 heteroatoms. The SMILES string of the molecule is CC(C)(C)[C@H](O)[C@H](N)c1ccc(Oc2ccccc2)cc1.Cl. The fraction of sp³-hybridized carbons (Fsp3) is 0.333. The number of aliphatic hydroxyl groups excluding tert-OH is 1. The molecule has 3 nitrogen and oxygen atoms in total. The predicted molar refractivity (Wildman–Crippen MR) is 92.6 cm³/mol. The van der Waals surface area contributed by atoms with Crippen molar-refractivity contribution in [3.05, 3.63) is 60.2 Å². The fourth-order valence-electron chi connectivity index (χ4n) is 2.10. The summed E-state index contributed by atoms with van der Waals surface area (Å²) in [6, 6.07) is 16.8. The highest BCUT2D eigenvalue weighted by atomic mass is 35.5. The molecule has 2 atom stereocenters. The maximum absolute atomic E-state index is 10.3. The monoisotopic (exact) mass is 321 g/mol. The van der Waals surface area contributed by atoms with E-state index in [0.717, 1.165) is 17.1 Å². The van der Waals surface area contributed by atoms with Gasteiger partial charge in [-0.2, -0.15) is 0 Å². The van der Waals surface area contributed by atoms with Crippen LogP contribution in [-0.4, -0.2) is 11.2 Å². The highest BCUT2D eigenvalue weighted by molar-refractivity contribution is 5.85. The van der Waals surface area contributed by atoms with Crippen molar-refractivity contribution >= 4 is 12.4 Å². The smallest absolute Gasteiger partial charge is 0.127 e. The minimum atomic E-state index is -0.599. The van der Waals surface area contributed by atoms with Crippen LogP contribution in [-0.2, 0) is 0 Å². The van der Waals surface area contributed by atoms with Gasteiger partial charge in [-0.15, -0.1) is 12.4 Å². The van der Waals surface area contributed by atoms with E-state index in [1.54, 1.807) is 0 Å². The van der Waals surface area contributed by atoms with E-state index in [1.165, 1.54) is 0 Å². The maximum atomic E-state index is 10.3. The van der Waals surface area contributed by atoms with E-state index in [1.807, 2.05) is 75.4 Å². The molecule has 2 aromatic carbocycles. The van der Waals surface area contributed by atoms with Gasteiger partial charge in [-0.1, -0.05) is 51.1 Å². The molecule has 0 bridgehead atoms. The zero-order valence-corrected chi connectivity index (χ0v) is 14.0. The van der Waals surface area contributed by atoms with Crippen LogP contribution < -0.4 is 10.5 Å². The number of aliphatic hydroxyl groups is 1. The Morgan fingerprint density at radius 1 is 0.909 bits per heavy atom. The van der Waals surface area contributed by atoms with E-state index in [0.29, 0.717) is 0 Å². The average Bonchev–Trinajstić information content (AvgIpc) is 2.46. The van der Waals surface area contributed by atoms with Gasteiger partial charge in [0.1, 0.15) is 11.5 Å². The van der Waals surface area contributed by atoms with E-state index >= 15 is 0 Å². The molecule has 0 radical (unpaired) electrons. The summed E-state index contributed by atoms with van der Waals surface area (Å²) in [5.74, 6) is 1.55. The van der Waals surface area contributed by atoms with Crippen molar-refractivity contribution in [3.8, 4) is 11.5 Å². The maximum Gasteiger partial charge on any atom is 0.127 e. The molecule has 0 saturated heterocycles. The summed E-state index contributed by atoms with van der Waals surface area (Å²) in [4.78, 5) is 0. The zero-order chi connectivity index (χ0) is 15.5. The van der Waals surface area contributed by atoms with E-state index in [2.05, 4.69) is 0 Å². The molecule has 0 saturated carbocycles. The lowest BCUT2D eigenvalue weighted by atomic mass is 9.82. The molecule has 0 spiro atoms. The predicted octanol–water partition coefficient (Wildman–Crippen LogP) is 4.31. The van der Waals surface area contributed by atoms with Gasteiger partial charge >= 0.3 is 0 Å². The number of halogens is 1. The van der Waals surface area contributed by atoms with Crippen LogP contribution in [0.2, 0.25) is 0 Å². The number of nitrogens with two attached hydrogens (primary N) is 1. The zero-order valence-electron chi connectivity index (χ0n) is 13.2.